The minimum Gasteiger partial charge on any atom is -0.383 e. The molecule has 0 bridgehead atoms. The first kappa shape index (κ1) is 8.55. The van der Waals surface area contributed by atoms with Crippen molar-refractivity contribution < 1.29 is 4.52 Å². The number of nitrogen functional groups attached to an aromatic ring is 1. The van der Waals surface area contributed by atoms with Crippen molar-refractivity contribution >= 4 is 11.6 Å². The zero-order valence-electron chi connectivity index (χ0n) is 7.47. The molecule has 0 aliphatic carbocycles. The van der Waals surface area contributed by atoms with Gasteiger partial charge in [0.15, 0.2) is 5.82 Å². The lowest BCUT2D eigenvalue weighted by molar-refractivity contribution is 0.422. The number of pyridine rings is 1. The van der Waals surface area contributed by atoms with Gasteiger partial charge in [-0.25, -0.2) is 4.98 Å². The number of nitrogens with zero attached hydrogens (tertiary/aromatic N) is 2. The molecule has 5 nitrogen and oxygen atoms in total. The Morgan fingerprint density at radius 2 is 2.36 bits per heavy atom. The van der Waals surface area contributed by atoms with Crippen molar-refractivity contribution in [2.24, 2.45) is 0 Å². The van der Waals surface area contributed by atoms with Crippen molar-refractivity contribution in [3.05, 3.63) is 36.2 Å². The van der Waals surface area contributed by atoms with E-state index in [-0.39, 0.29) is 0 Å². The molecule has 0 spiro atoms. The van der Waals surface area contributed by atoms with Crippen molar-refractivity contribution in [1.82, 2.24) is 10.1 Å². The third-order valence-electron chi connectivity index (χ3n) is 1.82. The molecule has 0 unspecified atom stereocenters. The molecule has 0 aliphatic heterocycles. The molecule has 0 saturated heterocycles. The summed E-state index contributed by atoms with van der Waals surface area (Å²) >= 11 is 0. The predicted octanol–water partition coefficient (Wildman–Crippen LogP) is 1.26. The molecule has 0 atom stereocenters. The molecule has 0 aliphatic rings. The zero-order chi connectivity index (χ0) is 9.80. The van der Waals surface area contributed by atoms with E-state index >= 15 is 0 Å². The Morgan fingerprint density at radius 1 is 1.43 bits per heavy atom. The number of aromatic nitrogens is 2. The van der Waals surface area contributed by atoms with Gasteiger partial charge in [-0.15, -0.1) is 0 Å². The summed E-state index contributed by atoms with van der Waals surface area (Å²) in [7, 11) is 0. The minimum atomic E-state index is 0.531. The Bertz CT molecular complexity index is 399. The maximum Gasteiger partial charge on any atom is 0.169 e. The number of anilines is 2. The molecule has 2 aromatic heterocycles. The van der Waals surface area contributed by atoms with E-state index in [9.17, 15) is 0 Å². The largest absolute Gasteiger partial charge is 0.383 e. The molecule has 0 fully saturated rings. The second-order valence-corrected chi connectivity index (χ2v) is 2.79. The molecule has 0 aromatic carbocycles. The van der Waals surface area contributed by atoms with Crippen molar-refractivity contribution in [2.45, 2.75) is 6.54 Å². The fourth-order valence-electron chi connectivity index (χ4n) is 1.09. The number of rotatable bonds is 3. The van der Waals surface area contributed by atoms with Crippen LogP contribution in [0.1, 0.15) is 5.56 Å². The van der Waals surface area contributed by atoms with Gasteiger partial charge in [-0.05, 0) is 6.07 Å². The Balaban J connectivity index is 2.02. The van der Waals surface area contributed by atoms with Crippen molar-refractivity contribution in [3.63, 3.8) is 0 Å². The van der Waals surface area contributed by atoms with Crippen LogP contribution in [0.4, 0.5) is 11.6 Å². The minimum absolute atomic E-state index is 0.531. The average Bonchev–Trinajstić information content (AvgIpc) is 2.69. The van der Waals surface area contributed by atoms with Crippen LogP contribution in [-0.4, -0.2) is 10.1 Å². The highest BCUT2D eigenvalue weighted by Gasteiger charge is 1.99. The second kappa shape index (κ2) is 3.78. The molecule has 0 amide bonds. The smallest absolute Gasteiger partial charge is 0.169 e. The van der Waals surface area contributed by atoms with Gasteiger partial charge >= 0.3 is 0 Å². The van der Waals surface area contributed by atoms with E-state index in [0.29, 0.717) is 18.2 Å². The molecular weight excluding hydrogens is 180 g/mol. The molecule has 5 heteroatoms. The normalized spacial score (nSPS) is 10.0. The zero-order valence-corrected chi connectivity index (χ0v) is 7.47. The lowest BCUT2D eigenvalue weighted by atomic mass is 10.2. The summed E-state index contributed by atoms with van der Waals surface area (Å²) in [5.74, 6) is 1.22. The molecule has 2 heterocycles. The summed E-state index contributed by atoms with van der Waals surface area (Å²) in [5, 5.41) is 6.77. The summed E-state index contributed by atoms with van der Waals surface area (Å²) in [6.07, 6.45) is 3.17. The number of nitrogens with one attached hydrogen (secondary N) is 1. The van der Waals surface area contributed by atoms with E-state index in [1.165, 1.54) is 6.26 Å². The highest BCUT2D eigenvalue weighted by molar-refractivity contribution is 5.42. The van der Waals surface area contributed by atoms with Crippen LogP contribution in [0, 0.1) is 0 Å². The van der Waals surface area contributed by atoms with Gasteiger partial charge < -0.3 is 15.6 Å². The maximum absolute atomic E-state index is 5.67. The SMILES string of the molecule is Nc1ncccc1CNc1ccon1. The Labute approximate surface area is 80.9 Å². The predicted molar refractivity (Wildman–Crippen MR) is 52.5 cm³/mol. The fourth-order valence-corrected chi connectivity index (χ4v) is 1.09. The Hall–Kier alpha value is -2.04. The fraction of sp³-hybridized carbons (Fsp3) is 0.111. The molecule has 14 heavy (non-hydrogen) atoms. The van der Waals surface area contributed by atoms with Gasteiger partial charge in [0.25, 0.3) is 0 Å². The van der Waals surface area contributed by atoms with Gasteiger partial charge in [0.2, 0.25) is 0 Å². The van der Waals surface area contributed by atoms with Gasteiger partial charge in [-0.3, -0.25) is 0 Å². The lowest BCUT2D eigenvalue weighted by Gasteiger charge is -2.04. The summed E-state index contributed by atoms with van der Waals surface area (Å²) in [6, 6.07) is 5.50. The average molecular weight is 190 g/mol. The first-order valence-electron chi connectivity index (χ1n) is 4.20. The number of hydrogen-bond donors (Lipinski definition) is 2. The van der Waals surface area contributed by atoms with E-state index in [1.54, 1.807) is 12.3 Å². The van der Waals surface area contributed by atoms with Crippen LogP contribution < -0.4 is 11.1 Å². The van der Waals surface area contributed by atoms with Crippen LogP contribution in [0.5, 0.6) is 0 Å². The Kier molecular flexibility index (Phi) is 2.31. The third-order valence-corrected chi connectivity index (χ3v) is 1.82. The first-order chi connectivity index (χ1) is 6.86. The van der Waals surface area contributed by atoms with Gasteiger partial charge in [-0.1, -0.05) is 11.2 Å². The van der Waals surface area contributed by atoms with E-state index in [0.717, 1.165) is 5.56 Å². The van der Waals surface area contributed by atoms with Crippen molar-refractivity contribution in [1.29, 1.82) is 0 Å². The molecule has 72 valence electrons. The summed E-state index contributed by atoms with van der Waals surface area (Å²) in [4.78, 5) is 3.97. The van der Waals surface area contributed by atoms with Gasteiger partial charge in [0, 0.05) is 24.4 Å². The van der Waals surface area contributed by atoms with E-state index < -0.39 is 0 Å². The number of nitrogens with two attached hydrogens (primary N) is 1. The topological polar surface area (TPSA) is 77.0 Å². The molecule has 3 N–H and O–H groups in total. The van der Waals surface area contributed by atoms with Gasteiger partial charge in [0.05, 0.1) is 0 Å². The van der Waals surface area contributed by atoms with Crippen molar-refractivity contribution in [3.8, 4) is 0 Å². The van der Waals surface area contributed by atoms with Gasteiger partial charge in [0.1, 0.15) is 12.1 Å². The second-order valence-electron chi connectivity index (χ2n) is 2.79. The van der Waals surface area contributed by atoms with Crippen molar-refractivity contribution in [2.75, 3.05) is 11.1 Å². The first-order valence-corrected chi connectivity index (χ1v) is 4.20. The van der Waals surface area contributed by atoms with E-state index in [1.807, 2.05) is 12.1 Å². The summed E-state index contributed by atoms with van der Waals surface area (Å²) in [5.41, 5.74) is 6.61. The Morgan fingerprint density at radius 3 is 3.07 bits per heavy atom. The molecule has 2 rings (SSSR count). The van der Waals surface area contributed by atoms with E-state index in [2.05, 4.69) is 20.0 Å². The molecular formula is C9H10N4O. The maximum atomic E-state index is 5.67. The molecule has 0 radical (unpaired) electrons. The highest BCUT2D eigenvalue weighted by Crippen LogP contribution is 2.09. The van der Waals surface area contributed by atoms with Crippen LogP contribution in [0.2, 0.25) is 0 Å². The standard InChI is InChI=1S/C9H10N4O/c10-9-7(2-1-4-11-9)6-12-8-3-5-14-13-8/h1-5H,6H2,(H2,10,11)(H,12,13). The molecule has 2 aromatic rings. The monoisotopic (exact) mass is 190 g/mol. The quantitative estimate of drug-likeness (QED) is 0.762. The van der Waals surface area contributed by atoms with Crippen LogP contribution in [0.3, 0.4) is 0 Å². The summed E-state index contributed by atoms with van der Waals surface area (Å²) < 4.78 is 4.67. The van der Waals surface area contributed by atoms with Crippen LogP contribution in [-0.2, 0) is 6.54 Å². The molecule has 0 saturated carbocycles. The van der Waals surface area contributed by atoms with Crippen LogP contribution >= 0.6 is 0 Å². The van der Waals surface area contributed by atoms with Crippen LogP contribution in [0.25, 0.3) is 0 Å². The van der Waals surface area contributed by atoms with E-state index in [4.69, 9.17) is 5.73 Å². The summed E-state index contributed by atoms with van der Waals surface area (Å²) in [6.45, 7) is 0.589. The van der Waals surface area contributed by atoms with Crippen LogP contribution in [0.15, 0.2) is 35.2 Å². The number of hydrogen-bond acceptors (Lipinski definition) is 5. The highest BCUT2D eigenvalue weighted by atomic mass is 16.5. The lowest BCUT2D eigenvalue weighted by Crippen LogP contribution is -2.04. The van der Waals surface area contributed by atoms with Gasteiger partial charge in [-0.2, -0.15) is 0 Å². The third kappa shape index (κ3) is 1.82.